The number of allylic oxidation sites excluding steroid dienone is 1. The number of carbonyl (C=O) groups excluding carboxylic acids is 1. The molecule has 1 rings (SSSR count). The van der Waals surface area contributed by atoms with Gasteiger partial charge in [-0.1, -0.05) is 12.2 Å². The topological polar surface area (TPSA) is 57.8 Å². The van der Waals surface area contributed by atoms with E-state index in [4.69, 9.17) is 0 Å². The van der Waals surface area contributed by atoms with Crippen LogP contribution in [0.3, 0.4) is 0 Å². The molecule has 4 heteroatoms. The maximum absolute atomic E-state index is 11.3. The van der Waals surface area contributed by atoms with E-state index < -0.39 is 0 Å². The molecule has 0 radical (unpaired) electrons. The number of nitrogens with zero attached hydrogens (tertiary/aromatic N) is 1. The number of nitrogens with one attached hydrogen (secondary N) is 2. The standard InChI is InChI=1S/C9H13N3O/c1-2-3-4-5-10-9(13)8-6-11-12-7-8/h2-3,6-7H,4-5H2,1H3,(H,10,13)(H,11,12)/b3-2+. The number of H-pyrrole nitrogens is 1. The van der Waals surface area contributed by atoms with Crippen LogP contribution in [0.4, 0.5) is 0 Å². The summed E-state index contributed by atoms with van der Waals surface area (Å²) in [4.78, 5) is 11.3. The molecule has 1 amide bonds. The number of carbonyl (C=O) groups is 1. The van der Waals surface area contributed by atoms with Gasteiger partial charge in [-0.2, -0.15) is 5.10 Å². The lowest BCUT2D eigenvalue weighted by atomic mass is 10.3. The lowest BCUT2D eigenvalue weighted by molar-refractivity contribution is 0.0954. The zero-order valence-corrected chi connectivity index (χ0v) is 7.58. The minimum atomic E-state index is -0.0850. The van der Waals surface area contributed by atoms with Crippen LogP contribution in [0.2, 0.25) is 0 Å². The molecule has 0 bridgehead atoms. The third-order valence-corrected chi connectivity index (χ3v) is 1.59. The summed E-state index contributed by atoms with van der Waals surface area (Å²) in [6.07, 6.45) is 7.91. The van der Waals surface area contributed by atoms with Gasteiger partial charge in [0.15, 0.2) is 0 Å². The minimum absolute atomic E-state index is 0.0850. The number of hydrogen-bond donors (Lipinski definition) is 2. The van der Waals surface area contributed by atoms with E-state index in [1.54, 1.807) is 6.20 Å². The Morgan fingerprint density at radius 2 is 2.62 bits per heavy atom. The molecular formula is C9H13N3O. The van der Waals surface area contributed by atoms with Gasteiger partial charge in [-0.15, -0.1) is 0 Å². The van der Waals surface area contributed by atoms with Crippen molar-refractivity contribution in [3.8, 4) is 0 Å². The molecule has 4 nitrogen and oxygen atoms in total. The molecule has 0 unspecified atom stereocenters. The van der Waals surface area contributed by atoms with Crippen LogP contribution in [0, 0.1) is 0 Å². The molecule has 0 aromatic carbocycles. The molecule has 13 heavy (non-hydrogen) atoms. The van der Waals surface area contributed by atoms with Gasteiger partial charge in [0.05, 0.1) is 11.8 Å². The summed E-state index contributed by atoms with van der Waals surface area (Å²) >= 11 is 0. The predicted molar refractivity (Wildman–Crippen MR) is 50.4 cm³/mol. The molecule has 0 aliphatic heterocycles. The van der Waals surface area contributed by atoms with Crippen molar-refractivity contribution >= 4 is 5.91 Å². The van der Waals surface area contributed by atoms with E-state index >= 15 is 0 Å². The van der Waals surface area contributed by atoms with Gasteiger partial charge < -0.3 is 5.32 Å². The first-order valence-electron chi connectivity index (χ1n) is 4.22. The smallest absolute Gasteiger partial charge is 0.254 e. The molecule has 70 valence electrons. The van der Waals surface area contributed by atoms with Crippen molar-refractivity contribution in [2.45, 2.75) is 13.3 Å². The molecule has 0 atom stereocenters. The van der Waals surface area contributed by atoms with Crippen molar-refractivity contribution in [3.05, 3.63) is 30.1 Å². The largest absolute Gasteiger partial charge is 0.352 e. The fraction of sp³-hybridized carbons (Fsp3) is 0.333. The highest BCUT2D eigenvalue weighted by atomic mass is 16.1. The number of rotatable bonds is 4. The van der Waals surface area contributed by atoms with Gasteiger partial charge in [-0.05, 0) is 13.3 Å². The summed E-state index contributed by atoms with van der Waals surface area (Å²) in [6.45, 7) is 2.62. The Kier molecular flexibility index (Phi) is 3.75. The molecule has 0 aliphatic rings. The molecule has 0 aliphatic carbocycles. The lowest BCUT2D eigenvalue weighted by Crippen LogP contribution is -2.23. The zero-order valence-electron chi connectivity index (χ0n) is 7.58. The van der Waals surface area contributed by atoms with Gasteiger partial charge in [0.2, 0.25) is 0 Å². The Bertz CT molecular complexity index is 277. The molecule has 0 saturated carbocycles. The quantitative estimate of drug-likeness (QED) is 0.537. The van der Waals surface area contributed by atoms with Crippen molar-refractivity contribution in [3.63, 3.8) is 0 Å². The van der Waals surface area contributed by atoms with Crippen LogP contribution in [0.25, 0.3) is 0 Å². The molecule has 2 N–H and O–H groups in total. The first-order valence-corrected chi connectivity index (χ1v) is 4.22. The molecular weight excluding hydrogens is 166 g/mol. The van der Waals surface area contributed by atoms with Crippen LogP contribution >= 0.6 is 0 Å². The highest BCUT2D eigenvalue weighted by Crippen LogP contribution is 1.92. The van der Waals surface area contributed by atoms with Gasteiger partial charge in [-0.25, -0.2) is 0 Å². The van der Waals surface area contributed by atoms with Crippen LogP contribution < -0.4 is 5.32 Å². The van der Waals surface area contributed by atoms with Gasteiger partial charge in [0.25, 0.3) is 5.91 Å². The van der Waals surface area contributed by atoms with E-state index in [1.165, 1.54) is 6.20 Å². The van der Waals surface area contributed by atoms with Gasteiger partial charge in [-0.3, -0.25) is 9.89 Å². The maximum Gasteiger partial charge on any atom is 0.254 e. The van der Waals surface area contributed by atoms with Crippen molar-refractivity contribution < 1.29 is 4.79 Å². The van der Waals surface area contributed by atoms with E-state index in [0.717, 1.165) is 6.42 Å². The van der Waals surface area contributed by atoms with Crippen molar-refractivity contribution in [1.82, 2.24) is 15.5 Å². The molecule has 1 heterocycles. The van der Waals surface area contributed by atoms with Crippen LogP contribution in [0.1, 0.15) is 23.7 Å². The Morgan fingerprint density at radius 1 is 1.77 bits per heavy atom. The molecule has 0 fully saturated rings. The third kappa shape index (κ3) is 3.11. The van der Waals surface area contributed by atoms with E-state index in [1.807, 2.05) is 19.1 Å². The van der Waals surface area contributed by atoms with Gasteiger partial charge in [0.1, 0.15) is 0 Å². The van der Waals surface area contributed by atoms with Crippen LogP contribution in [0.15, 0.2) is 24.5 Å². The lowest BCUT2D eigenvalue weighted by Gasteiger charge is -1.99. The third-order valence-electron chi connectivity index (χ3n) is 1.59. The van der Waals surface area contributed by atoms with Crippen LogP contribution in [0.5, 0.6) is 0 Å². The first kappa shape index (κ1) is 9.51. The average Bonchev–Trinajstić information content (AvgIpc) is 2.65. The first-order chi connectivity index (χ1) is 6.34. The summed E-state index contributed by atoms with van der Waals surface area (Å²) in [5, 5.41) is 9.04. The summed E-state index contributed by atoms with van der Waals surface area (Å²) < 4.78 is 0. The second-order valence-corrected chi connectivity index (χ2v) is 2.60. The maximum atomic E-state index is 11.3. The zero-order chi connectivity index (χ0) is 9.52. The van der Waals surface area contributed by atoms with Crippen molar-refractivity contribution in [2.75, 3.05) is 6.54 Å². The fourth-order valence-electron chi connectivity index (χ4n) is 0.913. The molecule has 1 aromatic rings. The number of hydrogen-bond acceptors (Lipinski definition) is 2. The number of aromatic amines is 1. The summed E-state index contributed by atoms with van der Waals surface area (Å²) in [7, 11) is 0. The SMILES string of the molecule is C/C=C/CCNC(=O)c1cn[nH]c1. The van der Waals surface area contributed by atoms with Crippen LogP contribution in [-0.2, 0) is 0 Å². The summed E-state index contributed by atoms with van der Waals surface area (Å²) in [6, 6.07) is 0. The normalized spacial score (nSPS) is 10.5. The van der Waals surface area contributed by atoms with Crippen LogP contribution in [-0.4, -0.2) is 22.6 Å². The van der Waals surface area contributed by atoms with E-state index in [0.29, 0.717) is 12.1 Å². The Hall–Kier alpha value is -1.58. The average molecular weight is 179 g/mol. The van der Waals surface area contributed by atoms with E-state index in [9.17, 15) is 4.79 Å². The highest BCUT2D eigenvalue weighted by Gasteiger charge is 2.03. The number of aromatic nitrogens is 2. The van der Waals surface area contributed by atoms with Gasteiger partial charge in [0, 0.05) is 12.7 Å². The Balaban J connectivity index is 2.27. The molecule has 0 saturated heterocycles. The highest BCUT2D eigenvalue weighted by molar-refractivity contribution is 5.93. The number of amides is 1. The van der Waals surface area contributed by atoms with E-state index in [2.05, 4.69) is 15.5 Å². The Labute approximate surface area is 77.0 Å². The monoisotopic (exact) mass is 179 g/mol. The fourth-order valence-corrected chi connectivity index (χ4v) is 0.913. The summed E-state index contributed by atoms with van der Waals surface area (Å²) in [5.74, 6) is -0.0850. The van der Waals surface area contributed by atoms with Gasteiger partial charge >= 0.3 is 0 Å². The molecule has 0 spiro atoms. The van der Waals surface area contributed by atoms with E-state index in [-0.39, 0.29) is 5.91 Å². The van der Waals surface area contributed by atoms with Crippen molar-refractivity contribution in [2.24, 2.45) is 0 Å². The molecule has 1 aromatic heterocycles. The Morgan fingerprint density at radius 3 is 3.23 bits per heavy atom. The summed E-state index contributed by atoms with van der Waals surface area (Å²) in [5.41, 5.74) is 0.570. The van der Waals surface area contributed by atoms with Crippen molar-refractivity contribution in [1.29, 1.82) is 0 Å². The second-order valence-electron chi connectivity index (χ2n) is 2.60. The minimum Gasteiger partial charge on any atom is -0.352 e. The predicted octanol–water partition coefficient (Wildman–Crippen LogP) is 1.11. The second kappa shape index (κ2) is 5.13.